The first-order valence-corrected chi connectivity index (χ1v) is 7.38. The predicted octanol–water partition coefficient (Wildman–Crippen LogP) is 1.99. The number of rotatable bonds is 1. The van der Waals surface area contributed by atoms with E-state index in [9.17, 15) is 4.79 Å². The molecule has 2 N–H and O–H groups in total. The van der Waals surface area contributed by atoms with Gasteiger partial charge in [-0.1, -0.05) is 43.2 Å². The van der Waals surface area contributed by atoms with E-state index in [2.05, 4.69) is 0 Å². The summed E-state index contributed by atoms with van der Waals surface area (Å²) in [4.78, 5) is 14.3. The Kier molecular flexibility index (Phi) is 3.52. The summed E-state index contributed by atoms with van der Waals surface area (Å²) >= 11 is 0. The van der Waals surface area contributed by atoms with Gasteiger partial charge in [0.15, 0.2) is 5.72 Å². The van der Waals surface area contributed by atoms with Gasteiger partial charge in [-0.15, -0.1) is 0 Å². The summed E-state index contributed by atoms with van der Waals surface area (Å²) in [6.45, 7) is 0. The second-order valence-corrected chi connectivity index (χ2v) is 5.95. The molecule has 2 fully saturated rings. The maximum absolute atomic E-state index is 12.4. The van der Waals surface area contributed by atoms with Crippen LogP contribution in [0.5, 0.6) is 0 Å². The fraction of sp³-hybridized carbons (Fsp3) is 0.562. The van der Waals surface area contributed by atoms with E-state index in [1.165, 1.54) is 0 Å². The molecule has 1 amide bonds. The third-order valence-corrected chi connectivity index (χ3v) is 4.60. The molecular formula is C16H22N2O2. The van der Waals surface area contributed by atoms with Gasteiger partial charge in [-0.25, -0.2) is 0 Å². The first kappa shape index (κ1) is 13.6. The molecule has 1 saturated heterocycles. The fourth-order valence-electron chi connectivity index (χ4n) is 3.39. The monoisotopic (exact) mass is 274 g/mol. The van der Waals surface area contributed by atoms with Crippen molar-refractivity contribution >= 4 is 5.91 Å². The summed E-state index contributed by atoms with van der Waals surface area (Å²) in [6.07, 6.45) is 4.55. The van der Waals surface area contributed by atoms with Crippen molar-refractivity contribution in [1.29, 1.82) is 0 Å². The van der Waals surface area contributed by atoms with Crippen molar-refractivity contribution in [3.63, 3.8) is 0 Å². The number of benzene rings is 1. The van der Waals surface area contributed by atoms with Crippen LogP contribution < -0.4 is 5.73 Å². The zero-order valence-electron chi connectivity index (χ0n) is 11.9. The molecule has 3 atom stereocenters. The van der Waals surface area contributed by atoms with Crippen LogP contribution in [0.2, 0.25) is 0 Å². The Hall–Kier alpha value is -1.39. The van der Waals surface area contributed by atoms with Gasteiger partial charge in [-0.3, -0.25) is 10.5 Å². The molecule has 1 aliphatic heterocycles. The van der Waals surface area contributed by atoms with Gasteiger partial charge in [0.1, 0.15) is 0 Å². The van der Waals surface area contributed by atoms with Crippen LogP contribution in [0.4, 0.5) is 0 Å². The molecule has 3 unspecified atom stereocenters. The first-order chi connectivity index (χ1) is 9.60. The zero-order valence-corrected chi connectivity index (χ0v) is 11.9. The van der Waals surface area contributed by atoms with Crippen molar-refractivity contribution < 1.29 is 9.53 Å². The van der Waals surface area contributed by atoms with Gasteiger partial charge in [-0.2, -0.15) is 0 Å². The molecule has 1 aliphatic carbocycles. The largest absolute Gasteiger partial charge is 0.351 e. The lowest BCUT2D eigenvalue weighted by molar-refractivity contribution is -0.133. The number of nitrogens with two attached hydrogens (primary N) is 1. The van der Waals surface area contributed by atoms with Gasteiger partial charge in [-0.05, 0) is 18.4 Å². The average molecular weight is 274 g/mol. The molecular weight excluding hydrogens is 252 g/mol. The molecule has 2 aliphatic rings. The minimum absolute atomic E-state index is 0.0467. The van der Waals surface area contributed by atoms with Crippen LogP contribution in [-0.2, 0) is 15.3 Å². The Morgan fingerprint density at radius 2 is 1.95 bits per heavy atom. The topological polar surface area (TPSA) is 55.6 Å². The lowest BCUT2D eigenvalue weighted by Crippen LogP contribution is -2.46. The van der Waals surface area contributed by atoms with Gasteiger partial charge in [0, 0.05) is 7.05 Å². The van der Waals surface area contributed by atoms with Gasteiger partial charge >= 0.3 is 0 Å². The van der Waals surface area contributed by atoms with Crippen molar-refractivity contribution in [2.24, 2.45) is 5.73 Å². The van der Waals surface area contributed by atoms with E-state index in [1.807, 2.05) is 42.3 Å². The van der Waals surface area contributed by atoms with Gasteiger partial charge < -0.3 is 9.64 Å². The van der Waals surface area contributed by atoms with Crippen molar-refractivity contribution in [2.75, 3.05) is 7.05 Å². The Balaban J connectivity index is 1.95. The van der Waals surface area contributed by atoms with E-state index < -0.39 is 5.72 Å². The Morgan fingerprint density at radius 1 is 1.25 bits per heavy atom. The second kappa shape index (κ2) is 5.19. The van der Waals surface area contributed by atoms with E-state index in [1.54, 1.807) is 0 Å². The SMILES string of the molecule is CN1C(=O)CC(N)(c2ccccc2)OC2CCCCC21. The summed E-state index contributed by atoms with van der Waals surface area (Å²) in [5.74, 6) is 0.0748. The molecule has 108 valence electrons. The number of hydrogen-bond donors (Lipinski definition) is 1. The average Bonchev–Trinajstić information content (AvgIpc) is 2.57. The molecule has 0 aromatic heterocycles. The van der Waals surface area contributed by atoms with Crippen molar-refractivity contribution in [1.82, 2.24) is 4.90 Å². The third-order valence-electron chi connectivity index (χ3n) is 4.60. The van der Waals surface area contributed by atoms with E-state index in [4.69, 9.17) is 10.5 Å². The molecule has 1 aromatic carbocycles. The molecule has 1 aromatic rings. The lowest BCUT2D eigenvalue weighted by atomic mass is 9.91. The Labute approximate surface area is 119 Å². The fourth-order valence-corrected chi connectivity index (χ4v) is 3.39. The molecule has 1 saturated carbocycles. The smallest absolute Gasteiger partial charge is 0.227 e. The molecule has 0 bridgehead atoms. The molecule has 3 rings (SSSR count). The Bertz CT molecular complexity index is 491. The van der Waals surface area contributed by atoms with Crippen LogP contribution in [0.1, 0.15) is 37.7 Å². The quantitative estimate of drug-likeness (QED) is 0.852. The highest BCUT2D eigenvalue weighted by molar-refractivity contribution is 5.78. The minimum atomic E-state index is -0.997. The van der Waals surface area contributed by atoms with Crippen LogP contribution >= 0.6 is 0 Å². The molecule has 0 radical (unpaired) electrons. The lowest BCUT2D eigenvalue weighted by Gasteiger charge is -2.37. The summed E-state index contributed by atoms with van der Waals surface area (Å²) in [5.41, 5.74) is 6.36. The minimum Gasteiger partial charge on any atom is -0.351 e. The number of carbonyl (C=O) groups is 1. The molecule has 4 heteroatoms. The first-order valence-electron chi connectivity index (χ1n) is 7.38. The van der Waals surface area contributed by atoms with Gasteiger partial charge in [0.25, 0.3) is 0 Å². The molecule has 1 heterocycles. The summed E-state index contributed by atoms with van der Waals surface area (Å²) in [5, 5.41) is 0. The normalized spacial score (nSPS) is 34.5. The number of likely N-dealkylation sites (N-methyl/N-ethyl adjacent to an activating group) is 1. The number of amides is 1. The van der Waals surface area contributed by atoms with Crippen LogP contribution in [0.15, 0.2) is 30.3 Å². The van der Waals surface area contributed by atoms with E-state index >= 15 is 0 Å². The standard InChI is InChI=1S/C16H22N2O2/c1-18-13-9-5-6-10-14(13)20-16(17,11-15(18)19)12-7-3-2-4-8-12/h2-4,7-8,13-14H,5-6,9-11,17H2,1H3. The van der Waals surface area contributed by atoms with Crippen LogP contribution in [-0.4, -0.2) is 30.0 Å². The van der Waals surface area contributed by atoms with Gasteiger partial charge in [0.05, 0.1) is 18.6 Å². The summed E-state index contributed by atoms with van der Waals surface area (Å²) in [6, 6.07) is 9.87. The number of hydrogen-bond acceptors (Lipinski definition) is 3. The van der Waals surface area contributed by atoms with E-state index in [0.29, 0.717) is 0 Å². The summed E-state index contributed by atoms with van der Waals surface area (Å²) < 4.78 is 6.25. The number of fused-ring (bicyclic) bond motifs is 1. The number of carbonyl (C=O) groups excluding carboxylic acids is 1. The molecule has 0 spiro atoms. The third kappa shape index (κ3) is 2.34. The van der Waals surface area contributed by atoms with Crippen molar-refractivity contribution in [2.45, 2.75) is 50.0 Å². The predicted molar refractivity (Wildman–Crippen MR) is 76.8 cm³/mol. The Morgan fingerprint density at radius 3 is 2.70 bits per heavy atom. The molecule has 20 heavy (non-hydrogen) atoms. The highest BCUT2D eigenvalue weighted by Gasteiger charge is 2.44. The highest BCUT2D eigenvalue weighted by Crippen LogP contribution is 2.36. The van der Waals surface area contributed by atoms with Crippen LogP contribution in [0.3, 0.4) is 0 Å². The van der Waals surface area contributed by atoms with Crippen molar-refractivity contribution in [3.8, 4) is 0 Å². The number of ether oxygens (including phenoxy) is 1. The maximum Gasteiger partial charge on any atom is 0.227 e. The highest BCUT2D eigenvalue weighted by atomic mass is 16.5. The van der Waals surface area contributed by atoms with Crippen molar-refractivity contribution in [3.05, 3.63) is 35.9 Å². The second-order valence-electron chi connectivity index (χ2n) is 5.95. The van der Waals surface area contributed by atoms with Crippen LogP contribution in [0.25, 0.3) is 0 Å². The van der Waals surface area contributed by atoms with Gasteiger partial charge in [0.2, 0.25) is 5.91 Å². The maximum atomic E-state index is 12.4. The van der Waals surface area contributed by atoms with E-state index in [0.717, 1.165) is 31.2 Å². The molecule has 4 nitrogen and oxygen atoms in total. The van der Waals surface area contributed by atoms with Crippen LogP contribution in [0, 0.1) is 0 Å². The number of nitrogens with zero attached hydrogens (tertiary/aromatic N) is 1. The van der Waals surface area contributed by atoms with E-state index in [-0.39, 0.29) is 24.5 Å². The summed E-state index contributed by atoms with van der Waals surface area (Å²) in [7, 11) is 1.88. The zero-order chi connectivity index (χ0) is 14.2.